The number of hydrazine groups is 1. The van der Waals surface area contributed by atoms with E-state index >= 15 is 0 Å². The zero-order valence-electron chi connectivity index (χ0n) is 7.29. The first-order chi connectivity index (χ1) is 5.36. The van der Waals surface area contributed by atoms with Gasteiger partial charge in [0.25, 0.3) is 0 Å². The highest BCUT2D eigenvalue weighted by Crippen LogP contribution is 2.11. The highest BCUT2D eigenvalue weighted by molar-refractivity contribution is 4.72. The van der Waals surface area contributed by atoms with Crippen LogP contribution in [0, 0.1) is 0 Å². The Morgan fingerprint density at radius 2 is 1.27 bits per heavy atom. The first kappa shape index (κ1) is 7.53. The molecule has 0 aromatic heterocycles. The molecule has 0 saturated carbocycles. The molecule has 2 saturated heterocycles. The van der Waals surface area contributed by atoms with Crippen LogP contribution in [0.3, 0.4) is 0 Å². The van der Waals surface area contributed by atoms with Gasteiger partial charge < -0.3 is 4.90 Å². The Morgan fingerprint density at radius 1 is 0.727 bits per heavy atom. The van der Waals surface area contributed by atoms with Gasteiger partial charge in [-0.1, -0.05) is 0 Å². The van der Waals surface area contributed by atoms with Crippen LogP contribution in [-0.2, 0) is 0 Å². The lowest BCUT2D eigenvalue weighted by Crippen LogP contribution is -2.37. The quantitative estimate of drug-likeness (QED) is 0.482. The van der Waals surface area contributed by atoms with Gasteiger partial charge in [0, 0.05) is 39.3 Å². The number of fused-ring (bicyclic) bond motifs is 1. The van der Waals surface area contributed by atoms with Gasteiger partial charge in [-0.3, -0.25) is 0 Å². The molecule has 0 amide bonds. The summed E-state index contributed by atoms with van der Waals surface area (Å²) in [6.07, 6.45) is 1.36. The minimum absolute atomic E-state index is 1.23. The molecule has 0 aromatic carbocycles. The van der Waals surface area contributed by atoms with Gasteiger partial charge in [0.15, 0.2) is 0 Å². The maximum atomic E-state index is 2.50. The Hall–Kier alpha value is -0.120. The number of nitrogens with zero attached hydrogens (tertiary/aromatic N) is 3. The van der Waals surface area contributed by atoms with Gasteiger partial charge in [-0.15, -0.1) is 0 Å². The molecule has 0 N–H and O–H groups in total. The molecule has 0 radical (unpaired) electrons. The summed E-state index contributed by atoms with van der Waals surface area (Å²) in [6.45, 7) is 7.50. The standard InChI is InChI=1S/C8H17N3/c1-9-5-7-10-3-2-4-11(10)8-6-9/h2-8H2,1H3. The van der Waals surface area contributed by atoms with Crippen molar-refractivity contribution in [3.8, 4) is 0 Å². The molecule has 0 unspecified atom stereocenters. The fourth-order valence-electron chi connectivity index (χ4n) is 1.91. The molecule has 2 aliphatic rings. The van der Waals surface area contributed by atoms with Crippen LogP contribution < -0.4 is 0 Å². The molecular weight excluding hydrogens is 138 g/mol. The molecule has 64 valence electrons. The van der Waals surface area contributed by atoms with Crippen LogP contribution in [0.5, 0.6) is 0 Å². The van der Waals surface area contributed by atoms with Crippen molar-refractivity contribution in [3.63, 3.8) is 0 Å². The van der Waals surface area contributed by atoms with Gasteiger partial charge in [-0.05, 0) is 13.5 Å². The van der Waals surface area contributed by atoms with Crippen molar-refractivity contribution in [2.45, 2.75) is 6.42 Å². The molecule has 2 heterocycles. The molecule has 2 rings (SSSR count). The molecule has 3 heteroatoms. The summed E-state index contributed by atoms with van der Waals surface area (Å²) in [5.74, 6) is 0. The summed E-state index contributed by atoms with van der Waals surface area (Å²) in [7, 11) is 2.21. The Bertz CT molecular complexity index is 123. The molecule has 0 bridgehead atoms. The zero-order valence-corrected chi connectivity index (χ0v) is 7.29. The van der Waals surface area contributed by atoms with E-state index in [1.165, 1.54) is 45.7 Å². The van der Waals surface area contributed by atoms with Gasteiger partial charge in [0.2, 0.25) is 0 Å². The van der Waals surface area contributed by atoms with Crippen molar-refractivity contribution in [2.24, 2.45) is 0 Å². The van der Waals surface area contributed by atoms with Gasteiger partial charge >= 0.3 is 0 Å². The molecule has 11 heavy (non-hydrogen) atoms. The van der Waals surface area contributed by atoms with E-state index in [1.807, 2.05) is 0 Å². The Balaban J connectivity index is 1.95. The predicted octanol–water partition coefficient (Wildman–Crippen LogP) is -0.146. The summed E-state index contributed by atoms with van der Waals surface area (Å²) >= 11 is 0. The number of hydrogen-bond acceptors (Lipinski definition) is 3. The van der Waals surface area contributed by atoms with E-state index in [-0.39, 0.29) is 0 Å². The fraction of sp³-hybridized carbons (Fsp3) is 1.00. The number of hydrogen-bond donors (Lipinski definition) is 0. The van der Waals surface area contributed by atoms with Crippen molar-refractivity contribution >= 4 is 0 Å². The van der Waals surface area contributed by atoms with E-state index in [2.05, 4.69) is 22.0 Å². The largest absolute Gasteiger partial charge is 0.304 e. The third-order valence-electron chi connectivity index (χ3n) is 2.71. The lowest BCUT2D eigenvalue weighted by molar-refractivity contribution is 0.0439. The predicted molar refractivity (Wildman–Crippen MR) is 45.3 cm³/mol. The molecule has 0 atom stereocenters. The van der Waals surface area contributed by atoms with E-state index < -0.39 is 0 Å². The fourth-order valence-corrected chi connectivity index (χ4v) is 1.91. The lowest BCUT2D eigenvalue weighted by Gasteiger charge is -2.23. The highest BCUT2D eigenvalue weighted by atomic mass is 15.6. The van der Waals surface area contributed by atoms with Crippen LogP contribution in [0.4, 0.5) is 0 Å². The minimum Gasteiger partial charge on any atom is -0.304 e. The Kier molecular flexibility index (Phi) is 2.11. The van der Waals surface area contributed by atoms with Gasteiger partial charge in [-0.25, -0.2) is 10.0 Å². The van der Waals surface area contributed by atoms with Crippen molar-refractivity contribution in [3.05, 3.63) is 0 Å². The summed E-state index contributed by atoms with van der Waals surface area (Å²) in [6, 6.07) is 0. The van der Waals surface area contributed by atoms with E-state index in [0.29, 0.717) is 0 Å². The zero-order chi connectivity index (χ0) is 7.68. The van der Waals surface area contributed by atoms with Gasteiger partial charge in [0.05, 0.1) is 0 Å². The van der Waals surface area contributed by atoms with E-state index in [4.69, 9.17) is 0 Å². The molecule has 0 aromatic rings. The molecule has 2 fully saturated rings. The summed E-state index contributed by atoms with van der Waals surface area (Å²) in [5.41, 5.74) is 0. The van der Waals surface area contributed by atoms with Crippen molar-refractivity contribution in [1.82, 2.24) is 14.9 Å². The third-order valence-corrected chi connectivity index (χ3v) is 2.71. The highest BCUT2D eigenvalue weighted by Gasteiger charge is 2.23. The molecule has 0 aliphatic carbocycles. The summed E-state index contributed by atoms with van der Waals surface area (Å²) in [5, 5.41) is 5.01. The van der Waals surface area contributed by atoms with Crippen LogP contribution in [0.2, 0.25) is 0 Å². The average Bonchev–Trinajstić information content (AvgIpc) is 2.38. The Labute approximate surface area is 68.5 Å². The van der Waals surface area contributed by atoms with Crippen LogP contribution in [0.25, 0.3) is 0 Å². The van der Waals surface area contributed by atoms with Gasteiger partial charge in [0.1, 0.15) is 0 Å². The summed E-state index contributed by atoms with van der Waals surface area (Å²) in [4.78, 5) is 2.42. The molecular formula is C8H17N3. The van der Waals surface area contributed by atoms with Crippen LogP contribution in [0.15, 0.2) is 0 Å². The van der Waals surface area contributed by atoms with E-state index in [1.54, 1.807) is 0 Å². The molecule has 3 nitrogen and oxygen atoms in total. The van der Waals surface area contributed by atoms with Crippen LogP contribution in [0.1, 0.15) is 6.42 Å². The second-order valence-corrected chi connectivity index (χ2v) is 3.56. The second-order valence-electron chi connectivity index (χ2n) is 3.56. The Morgan fingerprint density at radius 3 is 1.82 bits per heavy atom. The molecule has 2 aliphatic heterocycles. The smallest absolute Gasteiger partial charge is 0.0261 e. The maximum absolute atomic E-state index is 2.50. The summed E-state index contributed by atoms with van der Waals surface area (Å²) < 4.78 is 0. The minimum atomic E-state index is 1.23. The van der Waals surface area contributed by atoms with Crippen molar-refractivity contribution in [2.75, 3.05) is 46.3 Å². The lowest BCUT2D eigenvalue weighted by atomic mass is 10.4. The maximum Gasteiger partial charge on any atom is 0.0261 e. The second kappa shape index (κ2) is 3.09. The van der Waals surface area contributed by atoms with Gasteiger partial charge in [-0.2, -0.15) is 0 Å². The van der Waals surface area contributed by atoms with E-state index in [9.17, 15) is 0 Å². The average molecular weight is 155 g/mol. The topological polar surface area (TPSA) is 9.72 Å². The number of rotatable bonds is 0. The van der Waals surface area contributed by atoms with Crippen molar-refractivity contribution < 1.29 is 0 Å². The first-order valence-corrected chi connectivity index (χ1v) is 4.54. The molecule has 0 spiro atoms. The SMILES string of the molecule is CN1CCN2CCCN2CC1. The van der Waals surface area contributed by atoms with Crippen LogP contribution >= 0.6 is 0 Å². The van der Waals surface area contributed by atoms with Crippen LogP contribution in [-0.4, -0.2) is 61.2 Å². The van der Waals surface area contributed by atoms with E-state index in [0.717, 1.165) is 0 Å². The van der Waals surface area contributed by atoms with Crippen molar-refractivity contribution in [1.29, 1.82) is 0 Å². The number of likely N-dealkylation sites (N-methyl/N-ethyl adjacent to an activating group) is 1. The third kappa shape index (κ3) is 1.55. The normalized spacial score (nSPS) is 30.3. The first-order valence-electron chi connectivity index (χ1n) is 4.54. The monoisotopic (exact) mass is 155 g/mol.